The molecule has 2 N–H and O–H groups in total. The van der Waals surface area contributed by atoms with E-state index in [4.69, 9.17) is 5.73 Å². The second kappa shape index (κ2) is 5.93. The van der Waals surface area contributed by atoms with Crippen LogP contribution in [0.25, 0.3) is 0 Å². The van der Waals surface area contributed by atoms with E-state index in [1.165, 1.54) is 10.4 Å². The number of thiophene rings is 1. The van der Waals surface area contributed by atoms with Gasteiger partial charge in [-0.25, -0.2) is 0 Å². The first kappa shape index (κ1) is 14.8. The average molecular weight is 314 g/mol. The predicted octanol–water partition coefficient (Wildman–Crippen LogP) is 3.00. The summed E-state index contributed by atoms with van der Waals surface area (Å²) in [5.41, 5.74) is 7.53. The Morgan fingerprint density at radius 3 is 2.55 bits per heavy atom. The van der Waals surface area contributed by atoms with E-state index in [0.29, 0.717) is 11.1 Å². The van der Waals surface area contributed by atoms with E-state index in [1.54, 1.807) is 35.6 Å². The number of rotatable bonds is 3. The van der Waals surface area contributed by atoms with Crippen LogP contribution in [0.1, 0.15) is 50.5 Å². The highest BCUT2D eigenvalue weighted by Crippen LogP contribution is 2.35. The van der Waals surface area contributed by atoms with Crippen molar-refractivity contribution in [3.05, 3.63) is 57.3 Å². The third-order valence-electron chi connectivity index (χ3n) is 4.16. The van der Waals surface area contributed by atoms with E-state index in [0.717, 1.165) is 19.4 Å². The number of nitrogens with zero attached hydrogens (tertiary/aromatic N) is 1. The van der Waals surface area contributed by atoms with Gasteiger partial charge in [0.1, 0.15) is 0 Å². The van der Waals surface area contributed by atoms with Crippen molar-refractivity contribution in [3.8, 4) is 0 Å². The fourth-order valence-electron chi connectivity index (χ4n) is 3.02. The Morgan fingerprint density at radius 1 is 1.23 bits per heavy atom. The Morgan fingerprint density at radius 2 is 1.91 bits per heavy atom. The Kier molecular flexibility index (Phi) is 3.98. The molecule has 4 nitrogen and oxygen atoms in total. The third-order valence-corrected chi connectivity index (χ3v) is 5.16. The van der Waals surface area contributed by atoms with E-state index in [1.807, 2.05) is 4.90 Å². The molecule has 1 aliphatic rings. The van der Waals surface area contributed by atoms with Gasteiger partial charge in [-0.05, 0) is 54.1 Å². The van der Waals surface area contributed by atoms with Gasteiger partial charge in [0.05, 0.1) is 6.04 Å². The molecule has 2 aromatic rings. The highest BCUT2D eigenvalue weighted by molar-refractivity contribution is 7.10. The Labute approximate surface area is 133 Å². The molecule has 1 aromatic heterocycles. The molecule has 0 fully saturated rings. The Bertz CT molecular complexity index is 706. The third kappa shape index (κ3) is 2.52. The SMILES string of the molecule is CCC1c2ccsc2CCN1C(=O)c1ccc(C(N)=O)cc1. The maximum atomic E-state index is 12.8. The number of nitrogens with two attached hydrogens (primary N) is 1. The summed E-state index contributed by atoms with van der Waals surface area (Å²) in [6.07, 6.45) is 1.81. The molecular weight excluding hydrogens is 296 g/mol. The van der Waals surface area contributed by atoms with Gasteiger partial charge in [-0.1, -0.05) is 6.92 Å². The number of hydrogen-bond donors (Lipinski definition) is 1. The van der Waals surface area contributed by atoms with Crippen molar-refractivity contribution in [2.24, 2.45) is 5.73 Å². The van der Waals surface area contributed by atoms with Crippen molar-refractivity contribution in [2.45, 2.75) is 25.8 Å². The molecule has 0 aliphatic carbocycles. The molecule has 2 heterocycles. The maximum absolute atomic E-state index is 12.8. The first-order valence-electron chi connectivity index (χ1n) is 7.39. The maximum Gasteiger partial charge on any atom is 0.254 e. The molecule has 0 saturated carbocycles. The summed E-state index contributed by atoms with van der Waals surface area (Å²) >= 11 is 1.77. The van der Waals surface area contributed by atoms with Crippen LogP contribution in [0.15, 0.2) is 35.7 Å². The van der Waals surface area contributed by atoms with Crippen LogP contribution >= 0.6 is 11.3 Å². The van der Waals surface area contributed by atoms with Gasteiger partial charge in [-0.3, -0.25) is 9.59 Å². The zero-order valence-electron chi connectivity index (χ0n) is 12.4. The lowest BCUT2D eigenvalue weighted by Crippen LogP contribution is -2.39. The van der Waals surface area contributed by atoms with Crippen LogP contribution in [0.5, 0.6) is 0 Å². The van der Waals surface area contributed by atoms with Gasteiger partial charge in [-0.15, -0.1) is 11.3 Å². The standard InChI is InChI=1S/C17H18N2O2S/c1-2-14-13-8-10-22-15(13)7-9-19(14)17(21)12-5-3-11(4-6-12)16(18)20/h3-6,8,10,14H,2,7,9H2,1H3,(H2,18,20). The number of primary amides is 1. The van der Waals surface area contributed by atoms with E-state index in [9.17, 15) is 9.59 Å². The highest BCUT2D eigenvalue weighted by atomic mass is 32.1. The fraction of sp³-hybridized carbons (Fsp3) is 0.294. The van der Waals surface area contributed by atoms with Crippen molar-refractivity contribution in [3.63, 3.8) is 0 Å². The Balaban J connectivity index is 1.87. The lowest BCUT2D eigenvalue weighted by molar-refractivity contribution is 0.0657. The minimum atomic E-state index is -0.480. The number of benzene rings is 1. The van der Waals surface area contributed by atoms with Gasteiger partial charge in [-0.2, -0.15) is 0 Å². The van der Waals surface area contributed by atoms with Crippen molar-refractivity contribution >= 4 is 23.2 Å². The fourth-order valence-corrected chi connectivity index (χ4v) is 3.95. The zero-order chi connectivity index (χ0) is 15.7. The van der Waals surface area contributed by atoms with Crippen molar-refractivity contribution in [2.75, 3.05) is 6.54 Å². The summed E-state index contributed by atoms with van der Waals surface area (Å²) < 4.78 is 0. The summed E-state index contributed by atoms with van der Waals surface area (Å²) in [6, 6.07) is 8.84. The molecule has 1 atom stereocenters. The average Bonchev–Trinajstić information content (AvgIpc) is 3.01. The first-order valence-corrected chi connectivity index (χ1v) is 8.27. The first-order chi connectivity index (χ1) is 10.6. The van der Waals surface area contributed by atoms with Crippen LogP contribution < -0.4 is 5.73 Å². The van der Waals surface area contributed by atoms with E-state index in [-0.39, 0.29) is 11.9 Å². The van der Waals surface area contributed by atoms with Crippen molar-refractivity contribution < 1.29 is 9.59 Å². The molecule has 0 saturated heterocycles. The molecule has 0 radical (unpaired) electrons. The molecule has 1 aromatic carbocycles. The van der Waals surface area contributed by atoms with Crippen molar-refractivity contribution in [1.29, 1.82) is 0 Å². The van der Waals surface area contributed by atoms with E-state index in [2.05, 4.69) is 18.4 Å². The summed E-state index contributed by atoms with van der Waals surface area (Å²) in [6.45, 7) is 2.84. The second-order valence-corrected chi connectivity index (χ2v) is 6.41. The molecule has 3 rings (SSSR count). The van der Waals surface area contributed by atoms with Crippen LogP contribution in [0, 0.1) is 0 Å². The molecule has 0 bridgehead atoms. The van der Waals surface area contributed by atoms with E-state index >= 15 is 0 Å². The van der Waals surface area contributed by atoms with Crippen molar-refractivity contribution in [1.82, 2.24) is 4.90 Å². The van der Waals surface area contributed by atoms with Crippen LogP contribution in [-0.2, 0) is 6.42 Å². The smallest absolute Gasteiger partial charge is 0.254 e. The number of hydrogen-bond acceptors (Lipinski definition) is 3. The monoisotopic (exact) mass is 314 g/mol. The summed E-state index contributed by atoms with van der Waals surface area (Å²) in [4.78, 5) is 27.2. The Hall–Kier alpha value is -2.14. The second-order valence-electron chi connectivity index (χ2n) is 5.41. The van der Waals surface area contributed by atoms with Gasteiger partial charge in [0, 0.05) is 22.5 Å². The molecule has 0 spiro atoms. The number of fused-ring (bicyclic) bond motifs is 1. The molecule has 1 unspecified atom stereocenters. The normalized spacial score (nSPS) is 17.1. The van der Waals surface area contributed by atoms with Gasteiger partial charge in [0.15, 0.2) is 0 Å². The van der Waals surface area contributed by atoms with Gasteiger partial charge >= 0.3 is 0 Å². The van der Waals surface area contributed by atoms with Crippen LogP contribution in [0.2, 0.25) is 0 Å². The lowest BCUT2D eigenvalue weighted by Gasteiger charge is -2.35. The quantitative estimate of drug-likeness (QED) is 0.946. The van der Waals surface area contributed by atoms with E-state index < -0.39 is 5.91 Å². The van der Waals surface area contributed by atoms with Gasteiger partial charge in [0.25, 0.3) is 5.91 Å². The number of carbonyl (C=O) groups is 2. The summed E-state index contributed by atoms with van der Waals surface area (Å²) in [5.74, 6) is -0.467. The largest absolute Gasteiger partial charge is 0.366 e. The summed E-state index contributed by atoms with van der Waals surface area (Å²) in [7, 11) is 0. The van der Waals surface area contributed by atoms with Gasteiger partial charge in [0.2, 0.25) is 5.91 Å². The predicted molar refractivity (Wildman–Crippen MR) is 87.1 cm³/mol. The molecule has 22 heavy (non-hydrogen) atoms. The minimum absolute atomic E-state index is 0.0136. The zero-order valence-corrected chi connectivity index (χ0v) is 13.2. The van der Waals surface area contributed by atoms with Gasteiger partial charge < -0.3 is 10.6 Å². The topological polar surface area (TPSA) is 63.4 Å². The van der Waals surface area contributed by atoms with Crippen LogP contribution in [0.3, 0.4) is 0 Å². The molecule has 114 valence electrons. The molecule has 5 heteroatoms. The number of carbonyl (C=O) groups excluding carboxylic acids is 2. The van der Waals surface area contributed by atoms with Crippen LogP contribution in [0.4, 0.5) is 0 Å². The molecule has 1 aliphatic heterocycles. The molecule has 2 amide bonds. The minimum Gasteiger partial charge on any atom is -0.366 e. The summed E-state index contributed by atoms with van der Waals surface area (Å²) in [5, 5.41) is 2.10. The number of amides is 2. The highest BCUT2D eigenvalue weighted by Gasteiger charge is 2.30. The lowest BCUT2D eigenvalue weighted by atomic mass is 9.96. The van der Waals surface area contributed by atoms with Crippen LogP contribution in [-0.4, -0.2) is 23.3 Å². The molecular formula is C17H18N2O2S.